The summed E-state index contributed by atoms with van der Waals surface area (Å²) in [6.07, 6.45) is 1.49. The van der Waals surface area contributed by atoms with Crippen LogP contribution >= 0.6 is 0 Å². The molecule has 0 saturated carbocycles. The molecule has 1 amide bonds. The highest BCUT2D eigenvalue weighted by atomic mass is 32.2. The van der Waals surface area contributed by atoms with Crippen LogP contribution in [0.5, 0.6) is 5.75 Å². The van der Waals surface area contributed by atoms with Crippen molar-refractivity contribution in [1.82, 2.24) is 9.73 Å². The van der Waals surface area contributed by atoms with Gasteiger partial charge in [0.1, 0.15) is 12.4 Å². The Morgan fingerprint density at radius 2 is 1.55 bits per heavy atom. The molecule has 4 aromatic rings. The summed E-state index contributed by atoms with van der Waals surface area (Å²) in [5.74, 6) is 0.117. The summed E-state index contributed by atoms with van der Waals surface area (Å²) >= 11 is 0. The van der Waals surface area contributed by atoms with E-state index >= 15 is 0 Å². The molecule has 4 aromatic carbocycles. The molecule has 0 aromatic heterocycles. The Labute approximate surface area is 223 Å². The normalized spacial score (nSPS) is 11.5. The maximum Gasteiger partial charge on any atom is 0.255 e. The fourth-order valence-electron chi connectivity index (χ4n) is 3.66. The monoisotopic (exact) mass is 527 g/mol. The Morgan fingerprint density at radius 1 is 0.868 bits per heavy atom. The van der Waals surface area contributed by atoms with Gasteiger partial charge < -0.3 is 4.74 Å². The molecule has 0 saturated heterocycles. The van der Waals surface area contributed by atoms with Crippen molar-refractivity contribution >= 4 is 22.1 Å². The maximum atomic E-state index is 13.3. The molecule has 0 aliphatic rings. The van der Waals surface area contributed by atoms with Crippen LogP contribution in [0.2, 0.25) is 0 Å². The van der Waals surface area contributed by atoms with Gasteiger partial charge in [-0.3, -0.25) is 4.79 Å². The summed E-state index contributed by atoms with van der Waals surface area (Å²) in [4.78, 5) is 12.9. The van der Waals surface area contributed by atoms with Crippen molar-refractivity contribution in [3.8, 4) is 5.75 Å². The summed E-state index contributed by atoms with van der Waals surface area (Å²) in [6, 6.07) is 32.7. The first-order valence-corrected chi connectivity index (χ1v) is 13.5. The van der Waals surface area contributed by atoms with Crippen LogP contribution in [0.4, 0.5) is 0 Å². The van der Waals surface area contributed by atoms with E-state index in [1.54, 1.807) is 18.2 Å². The van der Waals surface area contributed by atoms with Crippen molar-refractivity contribution in [2.75, 3.05) is 6.54 Å². The molecule has 0 heterocycles. The Bertz CT molecular complexity index is 1470. The van der Waals surface area contributed by atoms with Crippen LogP contribution in [-0.2, 0) is 28.0 Å². The number of nitrogens with one attached hydrogen (secondary N) is 1. The molecule has 0 radical (unpaired) electrons. The number of carbonyl (C=O) groups excluding carboxylic acids is 1. The van der Waals surface area contributed by atoms with E-state index in [2.05, 4.69) is 10.5 Å². The molecule has 38 heavy (non-hydrogen) atoms. The maximum absolute atomic E-state index is 13.3. The third-order valence-corrected chi connectivity index (χ3v) is 7.50. The molecule has 0 spiro atoms. The van der Waals surface area contributed by atoms with Gasteiger partial charge in [-0.2, -0.15) is 9.41 Å². The number of ether oxygens (including phenoxy) is 1. The van der Waals surface area contributed by atoms with E-state index in [9.17, 15) is 13.2 Å². The molecular formula is C30H29N3O4S. The SMILES string of the molecule is Cc1ccc(CN(CC(=O)N/N=C\c2cccc(OCc3ccccc3)c2)S(=O)(=O)c2ccccc2)cc1. The molecular weight excluding hydrogens is 498 g/mol. The standard InChI is InChI=1S/C30H29N3O4S/c1-24-15-17-25(18-16-24)21-33(38(35,36)29-13-6-3-7-14-29)22-30(34)32-31-20-27-11-8-12-28(19-27)37-23-26-9-4-2-5-10-26/h2-20H,21-23H2,1H3,(H,32,34)/b31-20-. The number of hydrogen-bond donors (Lipinski definition) is 1. The fourth-order valence-corrected chi connectivity index (χ4v) is 5.07. The van der Waals surface area contributed by atoms with Gasteiger partial charge in [-0.05, 0) is 47.9 Å². The summed E-state index contributed by atoms with van der Waals surface area (Å²) in [7, 11) is -3.91. The second kappa shape index (κ2) is 12.8. The molecule has 0 bridgehead atoms. The molecule has 0 unspecified atom stereocenters. The lowest BCUT2D eigenvalue weighted by Gasteiger charge is -2.21. The Hall–Kier alpha value is -4.27. The quantitative estimate of drug-likeness (QED) is 0.222. The minimum Gasteiger partial charge on any atom is -0.489 e. The van der Waals surface area contributed by atoms with Crippen molar-refractivity contribution in [2.24, 2.45) is 5.10 Å². The van der Waals surface area contributed by atoms with Crippen molar-refractivity contribution in [1.29, 1.82) is 0 Å². The molecule has 0 fully saturated rings. The van der Waals surface area contributed by atoms with Crippen molar-refractivity contribution < 1.29 is 17.9 Å². The lowest BCUT2D eigenvalue weighted by Crippen LogP contribution is -2.39. The van der Waals surface area contributed by atoms with Gasteiger partial charge in [0, 0.05) is 6.54 Å². The van der Waals surface area contributed by atoms with Gasteiger partial charge in [0.2, 0.25) is 10.0 Å². The summed E-state index contributed by atoms with van der Waals surface area (Å²) in [6.45, 7) is 2.06. The van der Waals surface area contributed by atoms with Gasteiger partial charge in [0.05, 0.1) is 17.7 Å². The number of benzene rings is 4. The number of hydrogen-bond acceptors (Lipinski definition) is 5. The molecule has 7 nitrogen and oxygen atoms in total. The highest BCUT2D eigenvalue weighted by molar-refractivity contribution is 7.89. The van der Waals surface area contributed by atoms with E-state index in [1.807, 2.05) is 85.8 Å². The van der Waals surface area contributed by atoms with Crippen molar-refractivity contribution in [3.63, 3.8) is 0 Å². The van der Waals surface area contributed by atoms with E-state index in [-0.39, 0.29) is 18.0 Å². The average Bonchev–Trinajstić information content (AvgIpc) is 2.94. The Morgan fingerprint density at radius 3 is 2.26 bits per heavy atom. The third-order valence-electron chi connectivity index (χ3n) is 5.69. The zero-order valence-corrected chi connectivity index (χ0v) is 21.8. The number of hydrazone groups is 1. The number of amides is 1. The van der Waals surface area contributed by atoms with Crippen LogP contribution in [0.25, 0.3) is 0 Å². The van der Waals surface area contributed by atoms with Gasteiger partial charge in [0.15, 0.2) is 0 Å². The lowest BCUT2D eigenvalue weighted by molar-refractivity contribution is -0.121. The average molecular weight is 528 g/mol. The zero-order valence-electron chi connectivity index (χ0n) is 21.0. The van der Waals surface area contributed by atoms with Gasteiger partial charge >= 0.3 is 0 Å². The minimum atomic E-state index is -3.91. The fraction of sp³-hybridized carbons (Fsp3) is 0.133. The number of nitrogens with zero attached hydrogens (tertiary/aromatic N) is 2. The molecule has 194 valence electrons. The first-order chi connectivity index (χ1) is 18.4. The predicted molar refractivity (Wildman–Crippen MR) is 148 cm³/mol. The first-order valence-electron chi connectivity index (χ1n) is 12.1. The van der Waals surface area contributed by atoms with Crippen LogP contribution in [0.15, 0.2) is 119 Å². The van der Waals surface area contributed by atoms with E-state index in [1.165, 1.54) is 18.3 Å². The first kappa shape index (κ1) is 26.8. The topological polar surface area (TPSA) is 88.1 Å². The van der Waals surface area contributed by atoms with Crippen LogP contribution in [0.1, 0.15) is 22.3 Å². The molecule has 4 rings (SSSR count). The van der Waals surface area contributed by atoms with Gasteiger partial charge in [-0.15, -0.1) is 0 Å². The number of aryl methyl sites for hydroxylation is 1. The van der Waals surface area contributed by atoms with Crippen LogP contribution in [0.3, 0.4) is 0 Å². The Kier molecular flexibility index (Phi) is 9.02. The minimum absolute atomic E-state index is 0.0510. The van der Waals surface area contributed by atoms with Gasteiger partial charge in [-0.25, -0.2) is 13.8 Å². The second-order valence-electron chi connectivity index (χ2n) is 8.71. The highest BCUT2D eigenvalue weighted by Crippen LogP contribution is 2.19. The molecule has 0 aliphatic heterocycles. The van der Waals surface area contributed by atoms with Crippen molar-refractivity contribution in [2.45, 2.75) is 25.0 Å². The van der Waals surface area contributed by atoms with E-state index in [4.69, 9.17) is 4.74 Å². The molecule has 0 atom stereocenters. The number of carbonyl (C=O) groups is 1. The number of rotatable bonds is 11. The molecule has 8 heteroatoms. The van der Waals surface area contributed by atoms with Crippen LogP contribution in [0, 0.1) is 6.92 Å². The predicted octanol–water partition coefficient (Wildman–Crippen LogP) is 4.92. The van der Waals surface area contributed by atoms with Crippen LogP contribution < -0.4 is 10.2 Å². The number of sulfonamides is 1. The highest BCUT2D eigenvalue weighted by Gasteiger charge is 2.26. The lowest BCUT2D eigenvalue weighted by atomic mass is 10.1. The zero-order chi connectivity index (χ0) is 26.8. The van der Waals surface area contributed by atoms with E-state index < -0.39 is 15.9 Å². The van der Waals surface area contributed by atoms with E-state index in [0.717, 1.165) is 26.6 Å². The Balaban J connectivity index is 1.41. The molecule has 1 N–H and O–H groups in total. The van der Waals surface area contributed by atoms with Crippen LogP contribution in [-0.4, -0.2) is 31.4 Å². The summed E-state index contributed by atoms with van der Waals surface area (Å²) in [5, 5.41) is 4.03. The second-order valence-corrected chi connectivity index (χ2v) is 10.6. The van der Waals surface area contributed by atoms with E-state index in [0.29, 0.717) is 12.4 Å². The van der Waals surface area contributed by atoms with Gasteiger partial charge in [-0.1, -0.05) is 90.5 Å². The van der Waals surface area contributed by atoms with Crippen molar-refractivity contribution in [3.05, 3.63) is 131 Å². The smallest absolute Gasteiger partial charge is 0.255 e. The summed E-state index contributed by atoms with van der Waals surface area (Å²) < 4.78 is 33.6. The van der Waals surface area contributed by atoms with Gasteiger partial charge in [0.25, 0.3) is 5.91 Å². The molecule has 0 aliphatic carbocycles. The summed E-state index contributed by atoms with van der Waals surface area (Å²) in [5.41, 5.74) is 6.06. The third kappa shape index (κ3) is 7.61. The largest absolute Gasteiger partial charge is 0.489 e.